The van der Waals surface area contributed by atoms with Gasteiger partial charge in [-0.15, -0.1) is 0 Å². The Morgan fingerprint density at radius 3 is 2.58 bits per heavy atom. The van der Waals surface area contributed by atoms with Crippen LogP contribution in [0.1, 0.15) is 37.0 Å². The third-order valence-electron chi connectivity index (χ3n) is 3.64. The van der Waals surface area contributed by atoms with Gasteiger partial charge in [0, 0.05) is 0 Å². The van der Waals surface area contributed by atoms with Crippen LogP contribution in [0.15, 0.2) is 48.5 Å². The lowest BCUT2D eigenvalue weighted by atomic mass is 10.1. The fraction of sp³-hybridized carbons (Fsp3) is 0.300. The Morgan fingerprint density at radius 1 is 1.15 bits per heavy atom. The number of phenolic OH excluding ortho intramolecular Hbond substituents is 1. The number of ether oxygens (including phenoxy) is 2. The molecule has 0 spiro atoms. The molecule has 2 rings (SSSR count). The lowest BCUT2D eigenvalue weighted by molar-refractivity contribution is -0.122. The average molecular weight is 357 g/mol. The fourth-order valence-electron chi connectivity index (χ4n) is 2.19. The Balaban J connectivity index is 2.07. The number of anilines is 1. The van der Waals surface area contributed by atoms with Crippen molar-refractivity contribution < 1.29 is 24.2 Å². The van der Waals surface area contributed by atoms with Crippen molar-refractivity contribution in [2.75, 3.05) is 11.9 Å². The van der Waals surface area contributed by atoms with E-state index < -0.39 is 18.0 Å². The van der Waals surface area contributed by atoms with Crippen LogP contribution < -0.4 is 10.1 Å². The molecule has 0 bridgehead atoms. The van der Waals surface area contributed by atoms with Gasteiger partial charge in [-0.3, -0.25) is 4.79 Å². The molecule has 1 atom stereocenters. The van der Waals surface area contributed by atoms with Gasteiger partial charge in [-0.05, 0) is 43.7 Å². The third kappa shape index (κ3) is 5.51. The minimum atomic E-state index is -0.768. The zero-order chi connectivity index (χ0) is 18.9. The Labute approximate surface area is 152 Å². The minimum absolute atomic E-state index is 0.0842. The third-order valence-corrected chi connectivity index (χ3v) is 3.64. The summed E-state index contributed by atoms with van der Waals surface area (Å²) in [5.74, 6) is -0.525. The van der Waals surface area contributed by atoms with E-state index in [0.29, 0.717) is 5.75 Å². The van der Waals surface area contributed by atoms with E-state index in [-0.39, 0.29) is 23.6 Å². The van der Waals surface area contributed by atoms with Crippen molar-refractivity contribution in [3.63, 3.8) is 0 Å². The zero-order valence-corrected chi connectivity index (χ0v) is 14.9. The van der Waals surface area contributed by atoms with Gasteiger partial charge in [0.15, 0.2) is 6.10 Å². The highest BCUT2D eigenvalue weighted by atomic mass is 16.5. The molecule has 2 N–H and O–H groups in total. The lowest BCUT2D eigenvalue weighted by Gasteiger charge is -2.16. The van der Waals surface area contributed by atoms with Crippen molar-refractivity contribution >= 4 is 17.6 Å². The van der Waals surface area contributed by atoms with Crippen molar-refractivity contribution in [1.29, 1.82) is 0 Å². The Morgan fingerprint density at radius 2 is 1.88 bits per heavy atom. The molecule has 6 nitrogen and oxygen atoms in total. The number of phenols is 1. The maximum absolute atomic E-state index is 12.4. The first-order chi connectivity index (χ1) is 12.5. The van der Waals surface area contributed by atoms with Crippen LogP contribution in [0, 0.1) is 0 Å². The molecule has 26 heavy (non-hydrogen) atoms. The molecule has 2 aromatic rings. The van der Waals surface area contributed by atoms with Gasteiger partial charge in [0.1, 0.15) is 11.5 Å². The van der Waals surface area contributed by atoms with Crippen molar-refractivity contribution in [1.82, 2.24) is 0 Å². The molecule has 0 aliphatic carbocycles. The van der Waals surface area contributed by atoms with Gasteiger partial charge in [0.2, 0.25) is 0 Å². The number of esters is 1. The maximum atomic E-state index is 12.4. The van der Waals surface area contributed by atoms with Crippen LogP contribution in [0.5, 0.6) is 11.5 Å². The SMILES string of the molecule is CCCCOC(=O)c1cc(O)ccc1NC(=O)C(C)Oc1ccccc1. The smallest absolute Gasteiger partial charge is 0.340 e. The second kappa shape index (κ2) is 9.46. The van der Waals surface area contributed by atoms with Crippen molar-refractivity contribution in [2.24, 2.45) is 0 Å². The normalized spacial score (nSPS) is 11.5. The molecule has 0 heterocycles. The number of benzene rings is 2. The van der Waals surface area contributed by atoms with Gasteiger partial charge >= 0.3 is 5.97 Å². The second-order valence-electron chi connectivity index (χ2n) is 5.78. The van der Waals surface area contributed by atoms with Crippen LogP contribution in [0.4, 0.5) is 5.69 Å². The molecule has 1 amide bonds. The lowest BCUT2D eigenvalue weighted by Crippen LogP contribution is -2.30. The number of carbonyl (C=O) groups is 2. The summed E-state index contributed by atoms with van der Waals surface area (Å²) in [5, 5.41) is 12.3. The maximum Gasteiger partial charge on any atom is 0.340 e. The van der Waals surface area contributed by atoms with Crippen molar-refractivity contribution in [2.45, 2.75) is 32.8 Å². The zero-order valence-electron chi connectivity index (χ0n) is 14.9. The van der Waals surface area contributed by atoms with Gasteiger partial charge < -0.3 is 19.9 Å². The summed E-state index contributed by atoms with van der Waals surface area (Å²) >= 11 is 0. The number of nitrogens with one attached hydrogen (secondary N) is 1. The molecule has 6 heteroatoms. The topological polar surface area (TPSA) is 84.9 Å². The summed E-state index contributed by atoms with van der Waals surface area (Å²) in [5.41, 5.74) is 0.360. The fourth-order valence-corrected chi connectivity index (χ4v) is 2.19. The van der Waals surface area contributed by atoms with E-state index in [2.05, 4.69) is 5.32 Å². The highest BCUT2D eigenvalue weighted by Crippen LogP contribution is 2.23. The minimum Gasteiger partial charge on any atom is -0.508 e. The monoisotopic (exact) mass is 357 g/mol. The molecule has 1 unspecified atom stereocenters. The number of amides is 1. The summed E-state index contributed by atoms with van der Waals surface area (Å²) in [6.45, 7) is 3.88. The van der Waals surface area contributed by atoms with Crippen molar-refractivity contribution in [3.8, 4) is 11.5 Å². The standard InChI is InChI=1S/C20H23NO5/c1-3-4-12-25-20(24)17-13-15(22)10-11-18(17)21-19(23)14(2)26-16-8-6-5-7-9-16/h5-11,13-14,22H,3-4,12H2,1-2H3,(H,21,23). The number of para-hydroxylation sites is 1. The largest absolute Gasteiger partial charge is 0.508 e. The number of rotatable bonds is 8. The summed E-state index contributed by atoms with van der Waals surface area (Å²) in [6, 6.07) is 13.1. The predicted molar refractivity (Wildman–Crippen MR) is 98.5 cm³/mol. The van der Waals surface area contributed by atoms with E-state index in [1.807, 2.05) is 25.1 Å². The Kier molecular flexibility index (Phi) is 7.02. The number of carbonyl (C=O) groups excluding carboxylic acids is 2. The molecular weight excluding hydrogens is 334 g/mol. The molecule has 2 aromatic carbocycles. The van der Waals surface area contributed by atoms with E-state index in [0.717, 1.165) is 12.8 Å². The van der Waals surface area contributed by atoms with Gasteiger partial charge in [-0.2, -0.15) is 0 Å². The number of hydrogen-bond donors (Lipinski definition) is 2. The van der Waals surface area contributed by atoms with Gasteiger partial charge in [0.05, 0.1) is 17.9 Å². The van der Waals surface area contributed by atoms with Gasteiger partial charge in [0.25, 0.3) is 5.91 Å². The first kappa shape index (κ1) is 19.3. The first-order valence-electron chi connectivity index (χ1n) is 8.54. The second-order valence-corrected chi connectivity index (χ2v) is 5.78. The molecule has 0 aliphatic heterocycles. The van der Waals surface area contributed by atoms with Gasteiger partial charge in [-0.1, -0.05) is 31.5 Å². The molecular formula is C20H23NO5. The van der Waals surface area contributed by atoms with E-state index >= 15 is 0 Å². The van der Waals surface area contributed by atoms with E-state index in [9.17, 15) is 14.7 Å². The molecule has 138 valence electrons. The van der Waals surface area contributed by atoms with E-state index in [1.165, 1.54) is 18.2 Å². The number of hydrogen-bond acceptors (Lipinski definition) is 5. The van der Waals surface area contributed by atoms with Crippen LogP contribution in [0.25, 0.3) is 0 Å². The quantitative estimate of drug-likeness (QED) is 0.427. The molecule has 0 aromatic heterocycles. The summed E-state index contributed by atoms with van der Waals surface area (Å²) in [6.07, 6.45) is 0.870. The van der Waals surface area contributed by atoms with Crippen LogP contribution >= 0.6 is 0 Å². The molecule has 0 fully saturated rings. The number of aromatic hydroxyl groups is 1. The molecule has 0 radical (unpaired) electrons. The number of unbranched alkanes of at least 4 members (excludes halogenated alkanes) is 1. The molecule has 0 aliphatic rings. The van der Waals surface area contributed by atoms with E-state index in [1.54, 1.807) is 19.1 Å². The summed E-state index contributed by atoms with van der Waals surface area (Å²) < 4.78 is 10.7. The predicted octanol–water partition coefficient (Wildman–Crippen LogP) is 3.76. The van der Waals surface area contributed by atoms with Crippen LogP contribution in [0.3, 0.4) is 0 Å². The van der Waals surface area contributed by atoms with Crippen LogP contribution in [0.2, 0.25) is 0 Å². The molecule has 0 saturated carbocycles. The van der Waals surface area contributed by atoms with Gasteiger partial charge in [-0.25, -0.2) is 4.79 Å². The first-order valence-corrected chi connectivity index (χ1v) is 8.54. The molecule has 0 saturated heterocycles. The Hall–Kier alpha value is -3.02. The summed E-state index contributed by atoms with van der Waals surface area (Å²) in [4.78, 5) is 24.6. The van der Waals surface area contributed by atoms with Crippen LogP contribution in [-0.2, 0) is 9.53 Å². The van der Waals surface area contributed by atoms with E-state index in [4.69, 9.17) is 9.47 Å². The summed E-state index contributed by atoms with van der Waals surface area (Å²) in [7, 11) is 0. The van der Waals surface area contributed by atoms with Crippen LogP contribution in [-0.4, -0.2) is 29.7 Å². The highest BCUT2D eigenvalue weighted by molar-refractivity contribution is 6.02. The average Bonchev–Trinajstić information content (AvgIpc) is 2.64. The highest BCUT2D eigenvalue weighted by Gasteiger charge is 2.20. The van der Waals surface area contributed by atoms with Crippen molar-refractivity contribution in [3.05, 3.63) is 54.1 Å². The Bertz CT molecular complexity index is 745.